The third-order valence-corrected chi connectivity index (χ3v) is 6.69. The van der Waals surface area contributed by atoms with E-state index in [9.17, 15) is 9.59 Å². The summed E-state index contributed by atoms with van der Waals surface area (Å²) in [6.45, 7) is 2.72. The molecular weight excluding hydrogens is 464 g/mol. The Morgan fingerprint density at radius 3 is 2.51 bits per heavy atom. The van der Waals surface area contributed by atoms with E-state index >= 15 is 0 Å². The lowest BCUT2D eigenvalue weighted by atomic mass is 9.95. The normalized spacial score (nSPS) is 14.7. The summed E-state index contributed by atoms with van der Waals surface area (Å²) < 4.78 is 11.1. The molecule has 190 valence electrons. The van der Waals surface area contributed by atoms with Crippen molar-refractivity contribution >= 4 is 23.4 Å². The Kier molecular flexibility index (Phi) is 10.7. The first kappa shape index (κ1) is 26.9. The Bertz CT molecular complexity index is 944. The Hall–Kier alpha value is -2.73. The number of nitrogens with zero attached hydrogens (tertiary/aromatic N) is 1. The summed E-state index contributed by atoms with van der Waals surface area (Å²) in [5, 5.41) is 3.86. The molecule has 0 radical (unpaired) electrons. The monoisotopic (exact) mass is 500 g/mol. The van der Waals surface area contributed by atoms with Crippen molar-refractivity contribution in [3.8, 4) is 11.5 Å². The van der Waals surface area contributed by atoms with Gasteiger partial charge in [-0.1, -0.05) is 49.9 Å². The lowest BCUT2D eigenvalue weighted by molar-refractivity contribution is -0.142. The van der Waals surface area contributed by atoms with Gasteiger partial charge >= 0.3 is 0 Å². The summed E-state index contributed by atoms with van der Waals surface area (Å²) in [5.41, 5.74) is 0.930. The average Bonchev–Trinajstić information content (AvgIpc) is 2.88. The largest absolute Gasteiger partial charge is 0.497 e. The van der Waals surface area contributed by atoms with Crippen LogP contribution in [0.2, 0.25) is 5.02 Å². The van der Waals surface area contributed by atoms with Crippen molar-refractivity contribution in [1.29, 1.82) is 0 Å². The smallest absolute Gasteiger partial charge is 0.243 e. The SMILES string of the molecule is CC[C@@H](C(=O)NC1CCCCC1)N(Cc1cccc(OC)c1)C(=O)CCCOc1ccc(Cl)cc1. The van der Waals surface area contributed by atoms with E-state index < -0.39 is 6.04 Å². The zero-order valence-electron chi connectivity index (χ0n) is 20.8. The van der Waals surface area contributed by atoms with Crippen LogP contribution in [0, 0.1) is 0 Å². The number of benzene rings is 2. The van der Waals surface area contributed by atoms with Gasteiger partial charge in [-0.05, 0) is 67.6 Å². The molecule has 2 aromatic rings. The molecule has 1 aliphatic carbocycles. The number of carbonyl (C=O) groups excluding carboxylic acids is 2. The van der Waals surface area contributed by atoms with Crippen LogP contribution in [0.3, 0.4) is 0 Å². The first-order valence-electron chi connectivity index (χ1n) is 12.6. The zero-order chi connectivity index (χ0) is 25.0. The van der Waals surface area contributed by atoms with E-state index in [4.69, 9.17) is 21.1 Å². The summed E-state index contributed by atoms with van der Waals surface area (Å²) in [5.74, 6) is 1.32. The van der Waals surface area contributed by atoms with Gasteiger partial charge in [0.25, 0.3) is 0 Å². The van der Waals surface area contributed by atoms with Gasteiger partial charge in [0, 0.05) is 24.0 Å². The fourth-order valence-corrected chi connectivity index (χ4v) is 4.65. The van der Waals surface area contributed by atoms with Crippen molar-refractivity contribution in [2.45, 2.75) is 76.9 Å². The van der Waals surface area contributed by atoms with Crippen molar-refractivity contribution in [1.82, 2.24) is 10.2 Å². The topological polar surface area (TPSA) is 67.9 Å². The second-order valence-corrected chi connectivity index (χ2v) is 9.48. The van der Waals surface area contributed by atoms with Crippen molar-refractivity contribution in [3.63, 3.8) is 0 Å². The first-order valence-corrected chi connectivity index (χ1v) is 13.0. The fourth-order valence-electron chi connectivity index (χ4n) is 4.52. The van der Waals surface area contributed by atoms with E-state index in [0.717, 1.165) is 37.0 Å². The highest BCUT2D eigenvalue weighted by Gasteiger charge is 2.30. The summed E-state index contributed by atoms with van der Waals surface area (Å²) >= 11 is 5.92. The van der Waals surface area contributed by atoms with E-state index in [2.05, 4.69) is 5.32 Å². The highest BCUT2D eigenvalue weighted by Crippen LogP contribution is 2.21. The van der Waals surface area contributed by atoms with E-state index in [0.29, 0.717) is 43.2 Å². The predicted molar refractivity (Wildman–Crippen MR) is 139 cm³/mol. The van der Waals surface area contributed by atoms with E-state index in [1.54, 1.807) is 24.1 Å². The summed E-state index contributed by atoms with van der Waals surface area (Å²) in [7, 11) is 1.62. The maximum atomic E-state index is 13.4. The van der Waals surface area contributed by atoms with E-state index in [1.165, 1.54) is 6.42 Å². The molecule has 2 amide bonds. The van der Waals surface area contributed by atoms with Gasteiger partial charge in [0.2, 0.25) is 11.8 Å². The molecule has 2 aromatic carbocycles. The van der Waals surface area contributed by atoms with Gasteiger partial charge in [-0.2, -0.15) is 0 Å². The molecule has 1 atom stereocenters. The number of ether oxygens (including phenoxy) is 2. The van der Waals surface area contributed by atoms with Crippen molar-refractivity contribution < 1.29 is 19.1 Å². The number of amides is 2. The highest BCUT2D eigenvalue weighted by atomic mass is 35.5. The highest BCUT2D eigenvalue weighted by molar-refractivity contribution is 6.30. The molecule has 0 unspecified atom stereocenters. The van der Waals surface area contributed by atoms with Gasteiger partial charge in [-0.15, -0.1) is 0 Å². The minimum absolute atomic E-state index is 0.0572. The molecule has 6 nitrogen and oxygen atoms in total. The Morgan fingerprint density at radius 2 is 1.83 bits per heavy atom. The Labute approximate surface area is 213 Å². The molecule has 0 aliphatic heterocycles. The maximum absolute atomic E-state index is 13.4. The molecule has 0 aromatic heterocycles. The van der Waals surface area contributed by atoms with Crippen LogP contribution in [0.4, 0.5) is 0 Å². The fraction of sp³-hybridized carbons (Fsp3) is 0.500. The van der Waals surface area contributed by atoms with Crippen LogP contribution in [-0.2, 0) is 16.1 Å². The van der Waals surface area contributed by atoms with Gasteiger partial charge in [-0.25, -0.2) is 0 Å². The van der Waals surface area contributed by atoms with E-state index in [1.807, 2.05) is 43.3 Å². The van der Waals surface area contributed by atoms with Gasteiger partial charge in [0.15, 0.2) is 0 Å². The number of methoxy groups -OCH3 is 1. The number of halogens is 1. The zero-order valence-corrected chi connectivity index (χ0v) is 21.6. The van der Waals surface area contributed by atoms with Gasteiger partial charge in [0.1, 0.15) is 17.5 Å². The molecule has 0 heterocycles. The Balaban J connectivity index is 1.66. The van der Waals surface area contributed by atoms with Crippen molar-refractivity contribution in [3.05, 3.63) is 59.1 Å². The first-order chi connectivity index (χ1) is 17.0. The Morgan fingerprint density at radius 1 is 1.09 bits per heavy atom. The minimum Gasteiger partial charge on any atom is -0.497 e. The van der Waals surface area contributed by atoms with Gasteiger partial charge in [-0.3, -0.25) is 9.59 Å². The molecule has 0 saturated heterocycles. The van der Waals surface area contributed by atoms with E-state index in [-0.39, 0.29) is 17.9 Å². The van der Waals surface area contributed by atoms with Gasteiger partial charge in [0.05, 0.1) is 13.7 Å². The van der Waals surface area contributed by atoms with Gasteiger partial charge < -0.3 is 19.7 Å². The van der Waals surface area contributed by atoms with Crippen molar-refractivity contribution in [2.24, 2.45) is 0 Å². The van der Waals surface area contributed by atoms with Crippen LogP contribution in [0.15, 0.2) is 48.5 Å². The third kappa shape index (κ3) is 8.46. The minimum atomic E-state index is -0.521. The lowest BCUT2D eigenvalue weighted by Crippen LogP contribution is -2.51. The summed E-state index contributed by atoms with van der Waals surface area (Å²) in [6, 6.07) is 14.5. The van der Waals surface area contributed by atoms with Crippen LogP contribution < -0.4 is 14.8 Å². The molecule has 1 N–H and O–H groups in total. The van der Waals surface area contributed by atoms with Crippen molar-refractivity contribution in [2.75, 3.05) is 13.7 Å². The number of carbonyl (C=O) groups is 2. The molecule has 1 fully saturated rings. The second-order valence-electron chi connectivity index (χ2n) is 9.05. The standard InChI is InChI=1S/C28H37ClN2O4/c1-3-26(28(33)30-23-10-5-4-6-11-23)31(20-21-9-7-12-25(19-21)34-2)27(32)13-8-18-35-24-16-14-22(29)15-17-24/h7,9,12,14-17,19,23,26H,3-6,8,10-11,13,18,20H2,1-2H3,(H,30,33)/t26-/m0/s1. The molecule has 1 aliphatic rings. The number of hydrogen-bond acceptors (Lipinski definition) is 4. The molecule has 7 heteroatoms. The molecule has 35 heavy (non-hydrogen) atoms. The average molecular weight is 501 g/mol. The lowest BCUT2D eigenvalue weighted by Gasteiger charge is -2.33. The molecule has 1 saturated carbocycles. The molecular formula is C28H37ClN2O4. The number of hydrogen-bond donors (Lipinski definition) is 1. The van der Waals surface area contributed by atoms with Crippen LogP contribution >= 0.6 is 11.6 Å². The third-order valence-electron chi connectivity index (χ3n) is 6.44. The summed E-state index contributed by atoms with van der Waals surface area (Å²) in [4.78, 5) is 28.4. The number of rotatable bonds is 12. The molecule has 3 rings (SSSR count). The summed E-state index contributed by atoms with van der Waals surface area (Å²) in [6.07, 6.45) is 6.92. The quantitative estimate of drug-likeness (QED) is 0.376. The van der Waals surface area contributed by atoms with Crippen LogP contribution in [0.5, 0.6) is 11.5 Å². The molecule has 0 spiro atoms. The second kappa shape index (κ2) is 14.0. The predicted octanol–water partition coefficient (Wildman–Crippen LogP) is 5.76. The maximum Gasteiger partial charge on any atom is 0.243 e. The number of nitrogens with one attached hydrogen (secondary N) is 1. The van der Waals surface area contributed by atoms with Crippen LogP contribution in [0.25, 0.3) is 0 Å². The van der Waals surface area contributed by atoms with Crippen LogP contribution in [0.1, 0.15) is 63.9 Å². The van der Waals surface area contributed by atoms with Crippen LogP contribution in [-0.4, -0.2) is 42.5 Å². The molecule has 0 bridgehead atoms.